The van der Waals surface area contributed by atoms with Crippen LogP contribution < -0.4 is 4.74 Å². The predicted molar refractivity (Wildman–Crippen MR) is 67.2 cm³/mol. The number of aromatic nitrogens is 2. The predicted octanol–water partition coefficient (Wildman–Crippen LogP) is 3.01. The average molecular weight is 224 g/mol. The summed E-state index contributed by atoms with van der Waals surface area (Å²) < 4.78 is 7.22. The summed E-state index contributed by atoms with van der Waals surface area (Å²) in [5.41, 5.74) is 3.17. The van der Waals surface area contributed by atoms with E-state index in [-0.39, 0.29) is 0 Å². The van der Waals surface area contributed by atoms with E-state index in [1.807, 2.05) is 54.9 Å². The first kappa shape index (κ1) is 9.90. The van der Waals surface area contributed by atoms with Crippen LogP contribution in [-0.2, 0) is 0 Å². The van der Waals surface area contributed by atoms with Crippen molar-refractivity contribution in [2.24, 2.45) is 0 Å². The molecule has 3 rings (SSSR count). The van der Waals surface area contributed by atoms with Gasteiger partial charge in [-0.25, -0.2) is 4.98 Å². The minimum atomic E-state index is 0.863. The molecule has 0 unspecified atom stereocenters. The standard InChI is InChI=1S/C14H12N2O/c1-17-12-7-5-11(6-8-12)13-10-15-14-4-2-3-9-16(13)14/h2-10H,1H3. The average Bonchev–Trinajstić information content (AvgIpc) is 2.83. The van der Waals surface area contributed by atoms with Gasteiger partial charge in [0.05, 0.1) is 19.0 Å². The summed E-state index contributed by atoms with van der Waals surface area (Å²) >= 11 is 0. The maximum absolute atomic E-state index is 5.15. The molecule has 0 saturated heterocycles. The van der Waals surface area contributed by atoms with Gasteiger partial charge < -0.3 is 4.74 Å². The fourth-order valence-electron chi connectivity index (χ4n) is 1.91. The lowest BCUT2D eigenvalue weighted by atomic mass is 10.1. The Labute approximate surface area is 99.3 Å². The molecule has 0 bridgehead atoms. The minimum absolute atomic E-state index is 0.863. The Morgan fingerprint density at radius 2 is 1.88 bits per heavy atom. The van der Waals surface area contributed by atoms with Crippen molar-refractivity contribution < 1.29 is 4.74 Å². The number of hydrogen-bond acceptors (Lipinski definition) is 2. The summed E-state index contributed by atoms with van der Waals surface area (Å²) in [6.07, 6.45) is 3.90. The molecule has 3 heteroatoms. The van der Waals surface area contributed by atoms with E-state index in [4.69, 9.17) is 4.74 Å². The first-order valence-electron chi connectivity index (χ1n) is 5.45. The lowest BCUT2D eigenvalue weighted by Gasteiger charge is -2.03. The molecule has 3 nitrogen and oxygen atoms in total. The van der Waals surface area contributed by atoms with Crippen molar-refractivity contribution in [3.8, 4) is 17.0 Å². The van der Waals surface area contributed by atoms with E-state index < -0.39 is 0 Å². The van der Waals surface area contributed by atoms with Crippen LogP contribution in [0.15, 0.2) is 54.9 Å². The van der Waals surface area contributed by atoms with Gasteiger partial charge in [-0.05, 0) is 36.4 Å². The zero-order chi connectivity index (χ0) is 11.7. The highest BCUT2D eigenvalue weighted by Gasteiger charge is 2.04. The van der Waals surface area contributed by atoms with Crippen molar-refractivity contribution >= 4 is 5.65 Å². The summed E-state index contributed by atoms with van der Waals surface area (Å²) in [6.45, 7) is 0. The molecular formula is C14H12N2O. The van der Waals surface area contributed by atoms with Gasteiger partial charge in [0.2, 0.25) is 0 Å². The lowest BCUT2D eigenvalue weighted by Crippen LogP contribution is -1.87. The number of methoxy groups -OCH3 is 1. The van der Waals surface area contributed by atoms with Crippen LogP contribution in [-0.4, -0.2) is 16.5 Å². The molecule has 17 heavy (non-hydrogen) atoms. The molecule has 2 aromatic heterocycles. The highest BCUT2D eigenvalue weighted by molar-refractivity contribution is 5.64. The monoisotopic (exact) mass is 224 g/mol. The molecule has 3 aromatic rings. The van der Waals surface area contributed by atoms with Gasteiger partial charge in [-0.1, -0.05) is 6.07 Å². The van der Waals surface area contributed by atoms with Gasteiger partial charge >= 0.3 is 0 Å². The molecule has 0 fully saturated rings. The second-order valence-corrected chi connectivity index (χ2v) is 3.80. The van der Waals surface area contributed by atoms with E-state index in [1.54, 1.807) is 7.11 Å². The van der Waals surface area contributed by atoms with E-state index in [0.29, 0.717) is 0 Å². The third-order valence-corrected chi connectivity index (χ3v) is 2.80. The molecule has 0 aliphatic carbocycles. The maximum atomic E-state index is 5.15. The Hall–Kier alpha value is -2.29. The molecule has 0 saturated carbocycles. The fourth-order valence-corrected chi connectivity index (χ4v) is 1.91. The van der Waals surface area contributed by atoms with Crippen molar-refractivity contribution in [1.82, 2.24) is 9.38 Å². The van der Waals surface area contributed by atoms with Crippen molar-refractivity contribution in [3.05, 3.63) is 54.9 Å². The number of nitrogens with zero attached hydrogens (tertiary/aromatic N) is 2. The molecule has 0 atom stereocenters. The molecule has 0 aliphatic heterocycles. The molecule has 0 amide bonds. The molecular weight excluding hydrogens is 212 g/mol. The van der Waals surface area contributed by atoms with Crippen molar-refractivity contribution in [3.63, 3.8) is 0 Å². The maximum Gasteiger partial charge on any atom is 0.137 e. The van der Waals surface area contributed by atoms with E-state index in [2.05, 4.69) is 9.38 Å². The molecule has 84 valence electrons. The third kappa shape index (κ3) is 1.65. The van der Waals surface area contributed by atoms with Gasteiger partial charge in [-0.2, -0.15) is 0 Å². The lowest BCUT2D eigenvalue weighted by molar-refractivity contribution is 0.415. The minimum Gasteiger partial charge on any atom is -0.497 e. The van der Waals surface area contributed by atoms with E-state index in [0.717, 1.165) is 22.7 Å². The molecule has 0 radical (unpaired) electrons. The van der Waals surface area contributed by atoms with Crippen LogP contribution in [0.25, 0.3) is 16.9 Å². The van der Waals surface area contributed by atoms with Crippen molar-refractivity contribution in [2.45, 2.75) is 0 Å². The summed E-state index contributed by atoms with van der Waals surface area (Å²) in [4.78, 5) is 4.37. The topological polar surface area (TPSA) is 26.5 Å². The first-order chi connectivity index (χ1) is 8.38. The molecule has 0 N–H and O–H groups in total. The van der Waals surface area contributed by atoms with E-state index in [1.165, 1.54) is 0 Å². The smallest absolute Gasteiger partial charge is 0.137 e. The van der Waals surface area contributed by atoms with Crippen LogP contribution in [0.5, 0.6) is 5.75 Å². The summed E-state index contributed by atoms with van der Waals surface area (Å²) in [6, 6.07) is 14.0. The second-order valence-electron chi connectivity index (χ2n) is 3.80. The molecule has 2 heterocycles. The van der Waals surface area contributed by atoms with Crippen molar-refractivity contribution in [1.29, 1.82) is 0 Å². The second kappa shape index (κ2) is 3.94. The van der Waals surface area contributed by atoms with E-state index >= 15 is 0 Å². The third-order valence-electron chi connectivity index (χ3n) is 2.80. The van der Waals surface area contributed by atoms with Crippen molar-refractivity contribution in [2.75, 3.05) is 7.11 Å². The van der Waals surface area contributed by atoms with Gasteiger partial charge in [0.1, 0.15) is 11.4 Å². The van der Waals surface area contributed by atoms with Crippen LogP contribution in [0.4, 0.5) is 0 Å². The highest BCUT2D eigenvalue weighted by atomic mass is 16.5. The van der Waals surface area contributed by atoms with Gasteiger partial charge in [-0.3, -0.25) is 4.40 Å². The molecule has 1 aromatic carbocycles. The number of rotatable bonds is 2. The quantitative estimate of drug-likeness (QED) is 0.669. The summed E-state index contributed by atoms with van der Waals surface area (Å²) in [5, 5.41) is 0. The Balaban J connectivity index is 2.13. The normalized spacial score (nSPS) is 10.6. The van der Waals surface area contributed by atoms with Gasteiger partial charge in [0.25, 0.3) is 0 Å². The SMILES string of the molecule is COc1ccc(-c2cnc3ccccn23)cc1. The highest BCUT2D eigenvalue weighted by Crippen LogP contribution is 2.23. The number of fused-ring (bicyclic) bond motifs is 1. The van der Waals surface area contributed by atoms with Crippen LogP contribution in [0.3, 0.4) is 0 Å². The Kier molecular flexibility index (Phi) is 2.29. The van der Waals surface area contributed by atoms with Gasteiger partial charge in [-0.15, -0.1) is 0 Å². The summed E-state index contributed by atoms with van der Waals surface area (Å²) in [7, 11) is 1.67. The Morgan fingerprint density at radius 3 is 2.65 bits per heavy atom. The van der Waals surface area contributed by atoms with Crippen LogP contribution in [0, 0.1) is 0 Å². The van der Waals surface area contributed by atoms with E-state index in [9.17, 15) is 0 Å². The number of pyridine rings is 1. The van der Waals surface area contributed by atoms with Crippen LogP contribution in [0.1, 0.15) is 0 Å². The Bertz CT molecular complexity index is 641. The summed E-state index contributed by atoms with van der Waals surface area (Å²) in [5.74, 6) is 0.863. The zero-order valence-electron chi connectivity index (χ0n) is 9.50. The Morgan fingerprint density at radius 1 is 1.06 bits per heavy atom. The number of imidazole rings is 1. The number of ether oxygens (including phenoxy) is 1. The van der Waals surface area contributed by atoms with Gasteiger partial charge in [0.15, 0.2) is 0 Å². The fraction of sp³-hybridized carbons (Fsp3) is 0.0714. The van der Waals surface area contributed by atoms with Gasteiger partial charge in [0, 0.05) is 11.8 Å². The molecule has 0 aliphatic rings. The largest absolute Gasteiger partial charge is 0.497 e. The van der Waals surface area contributed by atoms with Crippen LogP contribution in [0.2, 0.25) is 0 Å². The first-order valence-corrected chi connectivity index (χ1v) is 5.45. The zero-order valence-corrected chi connectivity index (χ0v) is 9.50. The number of hydrogen-bond donors (Lipinski definition) is 0. The van der Waals surface area contributed by atoms with Crippen LogP contribution >= 0.6 is 0 Å². The molecule has 0 spiro atoms. The number of benzene rings is 1.